The second kappa shape index (κ2) is 8.93. The van der Waals surface area contributed by atoms with Gasteiger partial charge in [-0.15, -0.1) is 13.2 Å². The van der Waals surface area contributed by atoms with E-state index < -0.39 is 74.0 Å². The molecule has 1 atom stereocenters. The van der Waals surface area contributed by atoms with Crippen molar-refractivity contribution in [2.75, 3.05) is 0 Å². The Kier molecular flexibility index (Phi) is 8.55. The van der Waals surface area contributed by atoms with Crippen LogP contribution < -0.4 is 0 Å². The minimum Gasteiger partial charge on any atom is -0.295 e. The lowest BCUT2D eigenvalue weighted by atomic mass is 9.91. The lowest BCUT2D eigenvalue weighted by Crippen LogP contribution is -2.81. The minimum absolute atomic E-state index is 0.917. The summed E-state index contributed by atoms with van der Waals surface area (Å²) in [5.41, 5.74) is -18.2. The number of alkyl halides is 25. The molecule has 0 amide bonds. The third kappa shape index (κ3) is 4.82. The fraction of sp³-hybridized carbons (Fsp3) is 1.00. The largest absolute Gasteiger partial charge is 0.550 e. The molecule has 39 heavy (non-hydrogen) atoms. The van der Waals surface area contributed by atoms with E-state index >= 15 is 0 Å². The molecule has 0 heterocycles. The van der Waals surface area contributed by atoms with E-state index in [1.807, 2.05) is 0 Å². The molecule has 1 unspecified atom stereocenters. The molecule has 0 bridgehead atoms. The van der Waals surface area contributed by atoms with Crippen LogP contribution >= 0.6 is 0 Å². The molecule has 28 heteroatoms. The monoisotopic (exact) mass is 670 g/mol. The van der Waals surface area contributed by atoms with Crippen LogP contribution in [0.15, 0.2) is 0 Å². The predicted molar refractivity (Wildman–Crippen MR) is 65.7 cm³/mol. The summed E-state index contributed by atoms with van der Waals surface area (Å²) in [6.45, 7) is 0. The van der Waals surface area contributed by atoms with Crippen molar-refractivity contribution in [3.05, 3.63) is 0 Å². The Morgan fingerprint density at radius 2 is 0.564 bits per heavy atom. The minimum atomic E-state index is -11.2. The molecule has 0 aliphatic carbocycles. The first-order valence-corrected chi connectivity index (χ1v) is 9.61. The molecule has 0 aromatic heterocycles. The Morgan fingerprint density at radius 3 is 0.795 bits per heavy atom. The van der Waals surface area contributed by atoms with Gasteiger partial charge in [-0.25, -0.2) is 0 Å². The zero-order chi connectivity index (χ0) is 32.7. The van der Waals surface area contributed by atoms with Crippen LogP contribution in [0.4, 0.5) is 114 Å². The molecule has 236 valence electrons. The third-order valence-corrected chi connectivity index (χ3v) is 6.87. The van der Waals surface area contributed by atoms with Crippen molar-refractivity contribution in [2.24, 2.45) is 0 Å². The quantitative estimate of drug-likeness (QED) is 0.137. The second-order valence-electron chi connectivity index (χ2n) is 6.73. The summed E-state index contributed by atoms with van der Waals surface area (Å²) in [6.07, 6.45) is -24.3. The SMILES string of the molecule is FC(F)(F)O[Si](F)(C(F)(F)C(F)(F)F)C(F)(F)C(F)(F)C(F)(F)C(F)(F)C(F)(F)C(F)(F)C(F)(F)C(F)(F)F. The van der Waals surface area contributed by atoms with Crippen molar-refractivity contribution in [3.8, 4) is 0 Å². The van der Waals surface area contributed by atoms with Crippen LogP contribution in [0.1, 0.15) is 0 Å². The van der Waals surface area contributed by atoms with Crippen molar-refractivity contribution in [3.63, 3.8) is 0 Å². The lowest BCUT2D eigenvalue weighted by molar-refractivity contribution is -0.460. The molecule has 0 aliphatic rings. The van der Waals surface area contributed by atoms with Gasteiger partial charge in [0, 0.05) is 0 Å². The van der Waals surface area contributed by atoms with Gasteiger partial charge >= 0.3 is 74.0 Å². The van der Waals surface area contributed by atoms with Gasteiger partial charge in [0.2, 0.25) is 0 Å². The highest BCUT2D eigenvalue weighted by Crippen LogP contribution is 2.66. The van der Waals surface area contributed by atoms with E-state index in [2.05, 4.69) is 0 Å². The van der Waals surface area contributed by atoms with Crippen molar-refractivity contribution in [1.82, 2.24) is 0 Å². The van der Waals surface area contributed by atoms with Crippen LogP contribution in [-0.4, -0.2) is 74.0 Å². The predicted octanol–water partition coefficient (Wildman–Crippen LogP) is 8.22. The first-order chi connectivity index (χ1) is 16.2. The molecule has 0 aliphatic heterocycles. The van der Waals surface area contributed by atoms with Crippen LogP contribution in [-0.2, 0) is 4.43 Å². The van der Waals surface area contributed by atoms with E-state index in [1.54, 1.807) is 0 Å². The maximum absolute atomic E-state index is 13.9. The van der Waals surface area contributed by atoms with Gasteiger partial charge in [0.15, 0.2) is 0 Å². The van der Waals surface area contributed by atoms with E-state index in [4.69, 9.17) is 0 Å². The Labute approximate surface area is 193 Å². The van der Waals surface area contributed by atoms with Crippen LogP contribution in [0.25, 0.3) is 0 Å². The van der Waals surface area contributed by atoms with E-state index in [0.29, 0.717) is 0 Å². The van der Waals surface area contributed by atoms with Crippen LogP contribution in [0.2, 0.25) is 0 Å². The van der Waals surface area contributed by atoms with Gasteiger partial charge in [0.25, 0.3) is 0 Å². The molecule has 0 aromatic carbocycles. The van der Waals surface area contributed by atoms with Gasteiger partial charge in [-0.1, -0.05) is 0 Å². The topological polar surface area (TPSA) is 9.23 Å². The second-order valence-corrected chi connectivity index (χ2v) is 9.38. The molecule has 0 fully saturated rings. The van der Waals surface area contributed by atoms with Gasteiger partial charge in [0.05, 0.1) is 0 Å². The van der Waals surface area contributed by atoms with Gasteiger partial charge in [-0.05, 0) is 0 Å². The maximum atomic E-state index is 13.9. The zero-order valence-corrected chi connectivity index (χ0v) is 17.2. The highest BCUT2D eigenvalue weighted by molar-refractivity contribution is 6.72. The van der Waals surface area contributed by atoms with Crippen LogP contribution in [0.5, 0.6) is 0 Å². The summed E-state index contributed by atoms with van der Waals surface area (Å²) >= 11 is 0. The standard InChI is InChI=1S/C11F26OSi/c12-1(13,3(16,17)5(20,21)7(24,25)26)2(14,15)4(18,19)6(22,23)9(30,31)39(37,38-11(34,35)36)10(32,33)8(27,28)29. The van der Waals surface area contributed by atoms with Gasteiger partial charge < -0.3 is 0 Å². The molecule has 0 saturated carbocycles. The summed E-state index contributed by atoms with van der Waals surface area (Å²) in [5, 5.41) is 0. The number of halogens is 26. The fourth-order valence-electron chi connectivity index (χ4n) is 2.03. The first-order valence-electron chi connectivity index (χ1n) is 7.82. The lowest BCUT2D eigenvalue weighted by Gasteiger charge is -2.45. The normalized spacial score (nSPS) is 18.3. The summed E-state index contributed by atoms with van der Waals surface area (Å²) < 4.78 is 336. The fourth-order valence-corrected chi connectivity index (χ4v) is 3.93. The van der Waals surface area contributed by atoms with Crippen molar-refractivity contribution in [1.29, 1.82) is 0 Å². The van der Waals surface area contributed by atoms with E-state index in [1.165, 1.54) is 0 Å². The molecule has 0 N–H and O–H groups in total. The van der Waals surface area contributed by atoms with Crippen molar-refractivity contribution in [2.45, 2.75) is 65.3 Å². The van der Waals surface area contributed by atoms with E-state index in [0.717, 1.165) is 4.43 Å². The van der Waals surface area contributed by atoms with Crippen LogP contribution in [0.3, 0.4) is 0 Å². The molecule has 1 nitrogen and oxygen atoms in total. The van der Waals surface area contributed by atoms with Crippen molar-refractivity contribution >= 4 is 8.65 Å². The van der Waals surface area contributed by atoms with Gasteiger partial charge in [-0.3, -0.25) is 8.53 Å². The molecule has 0 radical (unpaired) electrons. The highest BCUT2D eigenvalue weighted by Gasteiger charge is 3.00. The summed E-state index contributed by atoms with van der Waals surface area (Å²) in [5.74, 6) is -56.1. The number of rotatable bonds is 9. The average Bonchev–Trinajstić information content (AvgIpc) is 2.63. The molecule has 0 aromatic rings. The summed E-state index contributed by atoms with van der Waals surface area (Å²) in [7, 11) is -11.2. The Hall–Kier alpha value is -1.64. The summed E-state index contributed by atoms with van der Waals surface area (Å²) in [6, 6.07) is 0. The van der Waals surface area contributed by atoms with E-state index in [-0.39, 0.29) is 0 Å². The van der Waals surface area contributed by atoms with Crippen LogP contribution in [0, 0.1) is 0 Å². The van der Waals surface area contributed by atoms with E-state index in [9.17, 15) is 114 Å². The maximum Gasteiger partial charge on any atom is 0.550 e. The smallest absolute Gasteiger partial charge is 0.295 e. The Balaban J connectivity index is 7.55. The first kappa shape index (κ1) is 37.4. The highest BCUT2D eigenvalue weighted by atomic mass is 28.4. The zero-order valence-electron chi connectivity index (χ0n) is 16.2. The average molecular weight is 670 g/mol. The van der Waals surface area contributed by atoms with Gasteiger partial charge in [-0.2, -0.15) is 96.6 Å². The Bertz CT molecular complexity index is 889. The van der Waals surface area contributed by atoms with Crippen molar-refractivity contribution < 1.29 is 118 Å². The number of hydrogen-bond acceptors (Lipinski definition) is 1. The number of hydrogen-bond donors (Lipinski definition) is 0. The molecule has 0 saturated heterocycles. The van der Waals surface area contributed by atoms with Gasteiger partial charge in [0.1, 0.15) is 0 Å². The molecule has 0 spiro atoms. The molecular weight excluding hydrogens is 670 g/mol. The molecule has 0 rings (SSSR count). The molecular formula is C11F26OSi. The third-order valence-electron chi connectivity index (χ3n) is 4.14. The summed E-state index contributed by atoms with van der Waals surface area (Å²) in [4.78, 5) is 0. The Morgan fingerprint density at radius 1 is 0.308 bits per heavy atom.